The zero-order chi connectivity index (χ0) is 8.65. The summed E-state index contributed by atoms with van der Waals surface area (Å²) in [7, 11) is 0. The van der Waals surface area contributed by atoms with Crippen LogP contribution in [0.3, 0.4) is 0 Å². The first-order valence-electron chi connectivity index (χ1n) is 4.33. The molecule has 0 radical (unpaired) electrons. The first kappa shape index (κ1) is 8.79. The van der Waals surface area contributed by atoms with Gasteiger partial charge in [-0.3, -0.25) is 0 Å². The molecule has 0 saturated carbocycles. The molecule has 1 rings (SSSR count). The van der Waals surface area contributed by atoms with Gasteiger partial charge in [-0.25, -0.2) is 0 Å². The fourth-order valence-corrected chi connectivity index (χ4v) is 1.66. The van der Waals surface area contributed by atoms with Crippen molar-refractivity contribution in [3.63, 3.8) is 0 Å². The van der Waals surface area contributed by atoms with Crippen molar-refractivity contribution in [2.45, 2.75) is 40.2 Å². The molecule has 0 fully saturated rings. The Balaban J connectivity index is 2.79. The maximum atomic E-state index is 9.51. The largest absolute Gasteiger partial charge is 0.389 e. The molecule has 0 unspecified atom stereocenters. The van der Waals surface area contributed by atoms with Crippen LogP contribution < -0.4 is 0 Å². The molecule has 0 bridgehead atoms. The lowest BCUT2D eigenvalue weighted by Gasteiger charge is -2.26. The zero-order valence-corrected chi connectivity index (χ0v) is 7.89. The standard InChI is InChI=1S/C10H18O/c1-7(2)10(4)5-8(3)9(11)6-10/h5,7,9,11H,6H2,1-4H3/t9-,10+/m1/s1. The SMILES string of the molecule is CC1=C[C@](C)(C(C)C)C[C@H]1O. The van der Waals surface area contributed by atoms with E-state index in [0.717, 1.165) is 12.0 Å². The molecule has 0 aromatic heterocycles. The Morgan fingerprint density at radius 3 is 2.36 bits per heavy atom. The lowest BCUT2D eigenvalue weighted by atomic mass is 9.79. The predicted octanol–water partition coefficient (Wildman–Crippen LogP) is 2.36. The van der Waals surface area contributed by atoms with E-state index >= 15 is 0 Å². The highest BCUT2D eigenvalue weighted by Crippen LogP contribution is 2.41. The Labute approximate surface area is 69.1 Å². The first-order valence-corrected chi connectivity index (χ1v) is 4.33. The highest BCUT2D eigenvalue weighted by molar-refractivity contribution is 5.19. The van der Waals surface area contributed by atoms with Gasteiger partial charge in [-0.15, -0.1) is 0 Å². The summed E-state index contributed by atoms with van der Waals surface area (Å²) in [5.41, 5.74) is 1.37. The van der Waals surface area contributed by atoms with Gasteiger partial charge in [0.25, 0.3) is 0 Å². The second kappa shape index (κ2) is 2.63. The monoisotopic (exact) mass is 154 g/mol. The van der Waals surface area contributed by atoms with Gasteiger partial charge >= 0.3 is 0 Å². The second-order valence-electron chi connectivity index (χ2n) is 4.27. The predicted molar refractivity (Wildman–Crippen MR) is 47.3 cm³/mol. The van der Waals surface area contributed by atoms with Crippen LogP contribution in [0.2, 0.25) is 0 Å². The lowest BCUT2D eigenvalue weighted by molar-refractivity contribution is 0.155. The van der Waals surface area contributed by atoms with Gasteiger partial charge in [-0.2, -0.15) is 0 Å². The minimum Gasteiger partial charge on any atom is -0.389 e. The van der Waals surface area contributed by atoms with Crippen LogP contribution in [-0.2, 0) is 0 Å². The van der Waals surface area contributed by atoms with Crippen molar-refractivity contribution < 1.29 is 5.11 Å². The van der Waals surface area contributed by atoms with Crippen LogP contribution in [0.25, 0.3) is 0 Å². The quantitative estimate of drug-likeness (QED) is 0.575. The molecule has 11 heavy (non-hydrogen) atoms. The summed E-state index contributed by atoms with van der Waals surface area (Å²) in [5.74, 6) is 0.620. The Hall–Kier alpha value is -0.300. The fraction of sp³-hybridized carbons (Fsp3) is 0.800. The molecule has 0 aromatic carbocycles. The van der Waals surface area contributed by atoms with Crippen molar-refractivity contribution >= 4 is 0 Å². The topological polar surface area (TPSA) is 20.2 Å². The van der Waals surface area contributed by atoms with Gasteiger partial charge in [0.15, 0.2) is 0 Å². The third kappa shape index (κ3) is 1.48. The molecule has 0 aromatic rings. The molecule has 0 aliphatic heterocycles. The molecule has 1 nitrogen and oxygen atoms in total. The molecular weight excluding hydrogens is 136 g/mol. The average molecular weight is 154 g/mol. The van der Waals surface area contributed by atoms with Crippen LogP contribution in [-0.4, -0.2) is 11.2 Å². The second-order valence-corrected chi connectivity index (χ2v) is 4.27. The number of aliphatic hydroxyl groups is 1. The number of hydrogen-bond donors (Lipinski definition) is 1. The highest BCUT2D eigenvalue weighted by atomic mass is 16.3. The van der Waals surface area contributed by atoms with Crippen molar-refractivity contribution in [2.24, 2.45) is 11.3 Å². The minimum absolute atomic E-state index is 0.192. The molecule has 0 heterocycles. The van der Waals surface area contributed by atoms with E-state index in [4.69, 9.17) is 0 Å². The van der Waals surface area contributed by atoms with Gasteiger partial charge in [-0.05, 0) is 30.3 Å². The molecule has 2 atom stereocenters. The summed E-state index contributed by atoms with van der Waals surface area (Å²) in [6, 6.07) is 0. The van der Waals surface area contributed by atoms with E-state index in [1.165, 1.54) is 0 Å². The van der Waals surface area contributed by atoms with E-state index in [0.29, 0.717) is 5.92 Å². The van der Waals surface area contributed by atoms with Gasteiger partial charge in [0.2, 0.25) is 0 Å². The van der Waals surface area contributed by atoms with Gasteiger partial charge < -0.3 is 5.11 Å². The molecule has 0 saturated heterocycles. The molecule has 0 spiro atoms. The van der Waals surface area contributed by atoms with Crippen LogP contribution in [0, 0.1) is 11.3 Å². The smallest absolute Gasteiger partial charge is 0.0755 e. The summed E-state index contributed by atoms with van der Waals surface area (Å²) < 4.78 is 0. The molecule has 1 N–H and O–H groups in total. The van der Waals surface area contributed by atoms with Crippen molar-refractivity contribution in [2.75, 3.05) is 0 Å². The van der Waals surface area contributed by atoms with Crippen molar-refractivity contribution in [3.05, 3.63) is 11.6 Å². The van der Waals surface area contributed by atoms with Crippen LogP contribution in [0.5, 0.6) is 0 Å². The molecule has 1 aliphatic carbocycles. The molecule has 1 heteroatoms. The first-order chi connectivity index (χ1) is 4.96. The third-order valence-electron chi connectivity index (χ3n) is 3.04. The van der Waals surface area contributed by atoms with Crippen molar-refractivity contribution in [1.82, 2.24) is 0 Å². The van der Waals surface area contributed by atoms with E-state index < -0.39 is 0 Å². The van der Waals surface area contributed by atoms with E-state index in [9.17, 15) is 5.11 Å². The maximum absolute atomic E-state index is 9.51. The van der Waals surface area contributed by atoms with E-state index in [1.54, 1.807) is 0 Å². The Morgan fingerprint density at radius 2 is 2.18 bits per heavy atom. The van der Waals surface area contributed by atoms with Crippen LogP contribution in [0.15, 0.2) is 11.6 Å². The molecular formula is C10H18O. The number of aliphatic hydroxyl groups excluding tert-OH is 1. The fourth-order valence-electron chi connectivity index (χ4n) is 1.66. The van der Waals surface area contributed by atoms with Gasteiger partial charge in [0.05, 0.1) is 6.10 Å². The summed E-state index contributed by atoms with van der Waals surface area (Å²) in [4.78, 5) is 0. The number of rotatable bonds is 1. The summed E-state index contributed by atoms with van der Waals surface area (Å²) >= 11 is 0. The van der Waals surface area contributed by atoms with E-state index in [2.05, 4.69) is 26.8 Å². The molecule has 1 aliphatic rings. The summed E-state index contributed by atoms with van der Waals surface area (Å²) in [6.07, 6.45) is 2.93. The Kier molecular flexibility index (Phi) is 2.10. The Morgan fingerprint density at radius 1 is 1.64 bits per heavy atom. The normalized spacial score (nSPS) is 38.0. The number of allylic oxidation sites excluding steroid dienone is 1. The maximum Gasteiger partial charge on any atom is 0.0755 e. The van der Waals surface area contributed by atoms with Crippen LogP contribution in [0.1, 0.15) is 34.1 Å². The molecule has 64 valence electrons. The number of hydrogen-bond acceptors (Lipinski definition) is 1. The van der Waals surface area contributed by atoms with E-state index in [-0.39, 0.29) is 11.5 Å². The third-order valence-corrected chi connectivity index (χ3v) is 3.04. The molecule has 0 amide bonds. The Bertz CT molecular complexity index is 181. The summed E-state index contributed by atoms with van der Waals surface area (Å²) in [6.45, 7) is 8.65. The van der Waals surface area contributed by atoms with Crippen LogP contribution in [0.4, 0.5) is 0 Å². The van der Waals surface area contributed by atoms with Gasteiger partial charge in [0, 0.05) is 0 Å². The van der Waals surface area contributed by atoms with Crippen LogP contribution >= 0.6 is 0 Å². The highest BCUT2D eigenvalue weighted by Gasteiger charge is 2.34. The summed E-state index contributed by atoms with van der Waals surface area (Å²) in [5, 5.41) is 9.51. The van der Waals surface area contributed by atoms with Gasteiger partial charge in [-0.1, -0.05) is 26.8 Å². The zero-order valence-electron chi connectivity index (χ0n) is 7.89. The van der Waals surface area contributed by atoms with E-state index in [1.807, 2.05) is 6.92 Å². The van der Waals surface area contributed by atoms with Crippen molar-refractivity contribution in [3.8, 4) is 0 Å². The average Bonchev–Trinajstić information content (AvgIpc) is 2.09. The minimum atomic E-state index is -0.192. The van der Waals surface area contributed by atoms with Gasteiger partial charge in [0.1, 0.15) is 0 Å². The van der Waals surface area contributed by atoms with Crippen molar-refractivity contribution in [1.29, 1.82) is 0 Å². The lowest BCUT2D eigenvalue weighted by Crippen LogP contribution is -2.20.